The zero-order valence-corrected chi connectivity index (χ0v) is 13.0. The lowest BCUT2D eigenvalue weighted by Gasteiger charge is -2.44. The number of thioether (sulfide) groups is 1. The molecule has 0 saturated carbocycles. The molecule has 1 fully saturated rings. The highest BCUT2D eigenvalue weighted by atomic mass is 32.2. The molecule has 10 heteroatoms. The summed E-state index contributed by atoms with van der Waals surface area (Å²) in [5.74, 6) is -1.52. The molecule has 1 heterocycles. The molecule has 22 heavy (non-hydrogen) atoms. The summed E-state index contributed by atoms with van der Waals surface area (Å²) in [6.07, 6.45) is -4.95. The number of hydrogen-bond donors (Lipinski definition) is 6. The second-order valence-corrected chi connectivity index (χ2v) is 6.55. The number of carbonyl (C=O) groups excluding carboxylic acids is 2. The maximum atomic E-state index is 11.7. The van der Waals surface area contributed by atoms with E-state index in [1.165, 1.54) is 6.92 Å². The Morgan fingerprint density at radius 1 is 1.45 bits per heavy atom. The van der Waals surface area contributed by atoms with Crippen LogP contribution in [0.5, 0.6) is 0 Å². The highest BCUT2D eigenvalue weighted by molar-refractivity contribution is 8.02. The predicted molar refractivity (Wildman–Crippen MR) is 75.7 cm³/mol. The molecule has 0 aliphatic carbocycles. The number of aliphatic hydroxyl groups is 5. The minimum absolute atomic E-state index is 0.423. The van der Waals surface area contributed by atoms with Gasteiger partial charge in [0, 0.05) is 13.3 Å². The van der Waals surface area contributed by atoms with Crippen LogP contribution in [-0.4, -0.2) is 85.7 Å². The van der Waals surface area contributed by atoms with E-state index in [1.54, 1.807) is 0 Å². The monoisotopic (exact) mass is 339 g/mol. The molecule has 6 N–H and O–H groups in total. The molecule has 128 valence electrons. The van der Waals surface area contributed by atoms with Crippen molar-refractivity contribution >= 4 is 23.6 Å². The van der Waals surface area contributed by atoms with Crippen molar-refractivity contribution in [1.82, 2.24) is 5.32 Å². The molecule has 9 nitrogen and oxygen atoms in total. The second-order valence-electron chi connectivity index (χ2n) is 5.10. The molecule has 1 saturated heterocycles. The van der Waals surface area contributed by atoms with Crippen molar-refractivity contribution in [3.63, 3.8) is 0 Å². The van der Waals surface area contributed by atoms with E-state index >= 15 is 0 Å². The van der Waals surface area contributed by atoms with Crippen molar-refractivity contribution in [2.45, 2.75) is 47.9 Å². The zero-order valence-electron chi connectivity index (χ0n) is 12.2. The molecule has 0 aromatic heterocycles. The van der Waals surface area contributed by atoms with Gasteiger partial charge >= 0.3 is 5.97 Å². The number of aliphatic hydroxyl groups excluding tert-OH is 4. The van der Waals surface area contributed by atoms with Gasteiger partial charge in [-0.25, -0.2) is 4.79 Å². The summed E-state index contributed by atoms with van der Waals surface area (Å²) in [7, 11) is 1.06. The minimum Gasteiger partial charge on any atom is -0.466 e. The van der Waals surface area contributed by atoms with Gasteiger partial charge < -0.3 is 35.6 Å². The lowest BCUT2D eigenvalue weighted by Crippen LogP contribution is -2.63. The van der Waals surface area contributed by atoms with Crippen LogP contribution in [0.3, 0.4) is 0 Å². The Hall–Kier alpha value is -0.910. The standard InChI is InChI=1S/C12H21NO8S/c1-5(15)13-8-6(16)3-12(20,11(19)21-2)22-10(8)9(18)7(17)4-14/h6-10,14,16-18,20H,3-4H2,1-2H3,(H,13,15)/t6-,7+,8+,9+,10+,12-/m0/s1. The van der Waals surface area contributed by atoms with E-state index in [1.807, 2.05) is 0 Å². The number of hydrogen-bond acceptors (Lipinski definition) is 9. The maximum absolute atomic E-state index is 11.7. The van der Waals surface area contributed by atoms with Crippen molar-refractivity contribution in [2.24, 2.45) is 0 Å². The topological polar surface area (TPSA) is 157 Å². The largest absolute Gasteiger partial charge is 0.466 e. The summed E-state index contributed by atoms with van der Waals surface area (Å²) >= 11 is 0.557. The Morgan fingerprint density at radius 3 is 2.50 bits per heavy atom. The molecule has 0 spiro atoms. The summed E-state index contributed by atoms with van der Waals surface area (Å²) in [5, 5.41) is 50.3. The molecule has 1 rings (SSSR count). The summed E-state index contributed by atoms with van der Waals surface area (Å²) in [5.41, 5.74) is 0. The lowest BCUT2D eigenvalue weighted by molar-refractivity contribution is -0.156. The van der Waals surface area contributed by atoms with Crippen LogP contribution < -0.4 is 5.32 Å². The molecule has 0 radical (unpaired) electrons. The fourth-order valence-electron chi connectivity index (χ4n) is 2.29. The van der Waals surface area contributed by atoms with Gasteiger partial charge in [0.25, 0.3) is 0 Å². The SMILES string of the molecule is COC(=O)[C@]1(O)C[C@H](O)[C@@H](NC(C)=O)[C@H]([C@H](O)[C@H](O)CO)S1. The van der Waals surface area contributed by atoms with Crippen molar-refractivity contribution in [2.75, 3.05) is 13.7 Å². The van der Waals surface area contributed by atoms with Gasteiger partial charge in [0.1, 0.15) is 6.10 Å². The van der Waals surface area contributed by atoms with Crippen molar-refractivity contribution in [3.05, 3.63) is 0 Å². The maximum Gasteiger partial charge on any atom is 0.348 e. The predicted octanol–water partition coefficient (Wildman–Crippen LogP) is -3.07. The first-order valence-electron chi connectivity index (χ1n) is 6.57. The van der Waals surface area contributed by atoms with E-state index in [4.69, 9.17) is 5.11 Å². The van der Waals surface area contributed by atoms with Crippen LogP contribution in [0.15, 0.2) is 0 Å². The van der Waals surface area contributed by atoms with E-state index < -0.39 is 59.4 Å². The zero-order chi connectivity index (χ0) is 17.1. The first-order valence-corrected chi connectivity index (χ1v) is 7.45. The molecule has 0 bridgehead atoms. The molecule has 1 aliphatic rings. The number of ether oxygens (including phenoxy) is 1. The van der Waals surface area contributed by atoms with Crippen LogP contribution in [0.4, 0.5) is 0 Å². The molecule has 0 aromatic carbocycles. The van der Waals surface area contributed by atoms with E-state index in [9.17, 15) is 30.0 Å². The first kappa shape index (κ1) is 19.1. The molecular formula is C12H21NO8S. The van der Waals surface area contributed by atoms with E-state index in [-0.39, 0.29) is 0 Å². The number of amides is 1. The average molecular weight is 339 g/mol. The fourth-order valence-corrected chi connectivity index (χ4v) is 3.90. The van der Waals surface area contributed by atoms with Crippen LogP contribution in [0.25, 0.3) is 0 Å². The Kier molecular flexibility index (Phi) is 6.59. The van der Waals surface area contributed by atoms with Gasteiger partial charge in [-0.05, 0) is 0 Å². The van der Waals surface area contributed by atoms with Crippen LogP contribution in [-0.2, 0) is 14.3 Å². The summed E-state index contributed by atoms with van der Waals surface area (Å²) in [6, 6.07) is -1.02. The first-order chi connectivity index (χ1) is 10.2. The average Bonchev–Trinajstić information content (AvgIpc) is 2.46. The lowest BCUT2D eigenvalue weighted by atomic mass is 9.94. The van der Waals surface area contributed by atoms with Gasteiger partial charge in [-0.2, -0.15) is 0 Å². The van der Waals surface area contributed by atoms with Gasteiger partial charge in [0.2, 0.25) is 10.8 Å². The molecule has 0 aromatic rings. The highest BCUT2D eigenvalue weighted by Gasteiger charge is 2.53. The van der Waals surface area contributed by atoms with Gasteiger partial charge in [-0.1, -0.05) is 0 Å². The Bertz CT molecular complexity index is 422. The van der Waals surface area contributed by atoms with Crippen molar-refractivity contribution in [1.29, 1.82) is 0 Å². The normalized spacial score (nSPS) is 34.6. The van der Waals surface area contributed by atoms with Gasteiger partial charge in [-0.3, -0.25) is 4.79 Å². The van der Waals surface area contributed by atoms with Crippen LogP contribution >= 0.6 is 11.8 Å². The second kappa shape index (κ2) is 7.57. The van der Waals surface area contributed by atoms with Crippen LogP contribution in [0, 0.1) is 0 Å². The van der Waals surface area contributed by atoms with Crippen LogP contribution in [0.2, 0.25) is 0 Å². The summed E-state index contributed by atoms with van der Waals surface area (Å²) < 4.78 is 4.47. The van der Waals surface area contributed by atoms with Crippen molar-refractivity contribution in [3.8, 4) is 0 Å². The smallest absolute Gasteiger partial charge is 0.348 e. The van der Waals surface area contributed by atoms with E-state index in [0.717, 1.165) is 7.11 Å². The molecule has 6 atom stereocenters. The highest BCUT2D eigenvalue weighted by Crippen LogP contribution is 2.42. The molecule has 0 unspecified atom stereocenters. The molecular weight excluding hydrogens is 318 g/mol. The third-order valence-electron chi connectivity index (χ3n) is 3.38. The summed E-state index contributed by atoms with van der Waals surface area (Å²) in [6.45, 7) is 0.433. The number of carbonyl (C=O) groups is 2. The molecule has 1 amide bonds. The Labute approximate surface area is 131 Å². The quantitative estimate of drug-likeness (QED) is 0.286. The van der Waals surface area contributed by atoms with E-state index in [0.29, 0.717) is 11.8 Å². The summed E-state index contributed by atoms with van der Waals surface area (Å²) in [4.78, 5) is 20.8. The van der Waals surface area contributed by atoms with Gasteiger partial charge in [0.15, 0.2) is 0 Å². The van der Waals surface area contributed by atoms with Gasteiger partial charge in [-0.15, -0.1) is 11.8 Å². The number of rotatable bonds is 5. The Morgan fingerprint density at radius 2 is 2.05 bits per heavy atom. The fraction of sp³-hybridized carbons (Fsp3) is 0.833. The van der Waals surface area contributed by atoms with Crippen LogP contribution in [0.1, 0.15) is 13.3 Å². The number of esters is 1. The van der Waals surface area contributed by atoms with Gasteiger partial charge in [0.05, 0.1) is 37.2 Å². The number of nitrogens with one attached hydrogen (secondary N) is 1. The molecule has 1 aliphatic heterocycles. The van der Waals surface area contributed by atoms with E-state index in [2.05, 4.69) is 10.1 Å². The minimum atomic E-state index is -2.13. The Balaban J connectivity index is 3.09. The third-order valence-corrected chi connectivity index (χ3v) is 4.95. The number of methoxy groups -OCH3 is 1. The third kappa shape index (κ3) is 4.09. The van der Waals surface area contributed by atoms with Crippen molar-refractivity contribution < 1.29 is 39.9 Å².